The molecule has 0 atom stereocenters. The molecule has 5 nitrogen and oxygen atoms in total. The van der Waals surface area contributed by atoms with E-state index >= 15 is 0 Å². The van der Waals surface area contributed by atoms with Crippen molar-refractivity contribution in [2.24, 2.45) is 5.92 Å². The summed E-state index contributed by atoms with van der Waals surface area (Å²) < 4.78 is 6.80. The molecule has 0 saturated heterocycles. The summed E-state index contributed by atoms with van der Waals surface area (Å²) in [6.45, 7) is 1.91. The Kier molecular flexibility index (Phi) is 7.09. The number of hydrogen-bond donors (Lipinski definition) is 1. The summed E-state index contributed by atoms with van der Waals surface area (Å²) in [5.41, 5.74) is 4.94. The van der Waals surface area contributed by atoms with E-state index in [9.17, 15) is 14.7 Å². The van der Waals surface area contributed by atoms with Gasteiger partial charge in [0.1, 0.15) is 12.4 Å². The standard InChI is InChI=1S/C29H28INO4/c30-27-12-9-22(15-26(27)29(33)34)21-8-4-7-20(13-21)18-35-24-10-11-25-23(14-24)17-31(28(25)32)16-19-5-2-1-3-6-19/h4,7-15,19H,1-3,5-6,16-18H2,(H,33,34). The number of ether oxygens (including phenoxy) is 1. The molecule has 5 rings (SSSR count). The predicted octanol–water partition coefficient (Wildman–Crippen LogP) is 6.77. The molecule has 0 aromatic heterocycles. The van der Waals surface area contributed by atoms with Crippen molar-refractivity contribution in [2.45, 2.75) is 45.3 Å². The highest BCUT2D eigenvalue weighted by Crippen LogP contribution is 2.31. The fourth-order valence-corrected chi connectivity index (χ4v) is 5.72. The zero-order valence-electron chi connectivity index (χ0n) is 19.5. The smallest absolute Gasteiger partial charge is 0.336 e. The van der Waals surface area contributed by atoms with Gasteiger partial charge in [-0.15, -0.1) is 0 Å². The number of halogens is 1. The van der Waals surface area contributed by atoms with E-state index < -0.39 is 5.97 Å². The molecule has 1 heterocycles. The second kappa shape index (κ2) is 10.4. The lowest BCUT2D eigenvalue weighted by Crippen LogP contribution is -2.30. The summed E-state index contributed by atoms with van der Waals surface area (Å²) in [6, 6.07) is 19.2. The van der Waals surface area contributed by atoms with E-state index in [2.05, 4.69) is 0 Å². The highest BCUT2D eigenvalue weighted by Gasteiger charge is 2.29. The van der Waals surface area contributed by atoms with Crippen LogP contribution in [0.1, 0.15) is 63.9 Å². The second-order valence-electron chi connectivity index (χ2n) is 9.50. The van der Waals surface area contributed by atoms with E-state index in [1.807, 2.05) is 82.1 Å². The average molecular weight is 581 g/mol. The van der Waals surface area contributed by atoms with Gasteiger partial charge in [-0.25, -0.2) is 4.79 Å². The third-order valence-corrected chi connectivity index (χ3v) is 7.96. The summed E-state index contributed by atoms with van der Waals surface area (Å²) in [6.07, 6.45) is 6.34. The van der Waals surface area contributed by atoms with Crippen molar-refractivity contribution in [3.8, 4) is 16.9 Å². The average Bonchev–Trinajstić information content (AvgIpc) is 3.18. The summed E-state index contributed by atoms with van der Waals surface area (Å²) in [5.74, 6) is 0.597. The first-order valence-electron chi connectivity index (χ1n) is 12.1. The van der Waals surface area contributed by atoms with Crippen molar-refractivity contribution in [1.29, 1.82) is 0 Å². The van der Waals surface area contributed by atoms with Gasteiger partial charge in [0.2, 0.25) is 0 Å². The maximum absolute atomic E-state index is 12.9. The second-order valence-corrected chi connectivity index (χ2v) is 10.7. The van der Waals surface area contributed by atoms with Gasteiger partial charge in [0.15, 0.2) is 0 Å². The molecule has 1 aliphatic heterocycles. The van der Waals surface area contributed by atoms with Gasteiger partial charge in [-0.3, -0.25) is 4.79 Å². The van der Waals surface area contributed by atoms with E-state index in [1.54, 1.807) is 6.07 Å². The zero-order valence-corrected chi connectivity index (χ0v) is 21.7. The number of benzene rings is 3. The molecule has 1 fully saturated rings. The molecule has 1 aliphatic carbocycles. The Morgan fingerprint density at radius 3 is 2.60 bits per heavy atom. The molecule has 1 N–H and O–H groups in total. The number of carboxylic acid groups (broad SMARTS) is 1. The third kappa shape index (κ3) is 5.37. The lowest BCUT2D eigenvalue weighted by atomic mass is 9.89. The van der Waals surface area contributed by atoms with Gasteiger partial charge in [-0.05, 0) is 100 Å². The fourth-order valence-electron chi connectivity index (χ4n) is 5.15. The van der Waals surface area contributed by atoms with E-state index in [4.69, 9.17) is 4.74 Å². The Bertz CT molecular complexity index is 1270. The Morgan fingerprint density at radius 2 is 1.80 bits per heavy atom. The molecule has 0 spiro atoms. The molecule has 1 amide bonds. The van der Waals surface area contributed by atoms with Gasteiger partial charge in [-0.2, -0.15) is 0 Å². The van der Waals surface area contributed by atoms with Crippen molar-refractivity contribution in [3.05, 3.63) is 86.5 Å². The van der Waals surface area contributed by atoms with Gasteiger partial charge in [0, 0.05) is 22.2 Å². The van der Waals surface area contributed by atoms with Crippen LogP contribution in [0.5, 0.6) is 5.75 Å². The zero-order chi connectivity index (χ0) is 24.4. The number of aromatic carboxylic acids is 1. The molecule has 0 radical (unpaired) electrons. The number of amides is 1. The number of carbonyl (C=O) groups excluding carboxylic acids is 1. The number of rotatable bonds is 7. The SMILES string of the molecule is O=C(O)c1cc(-c2cccc(COc3ccc4c(c3)CN(CC3CCCCC3)C4=O)c2)ccc1I. The molecule has 180 valence electrons. The molecule has 35 heavy (non-hydrogen) atoms. The molecule has 3 aromatic carbocycles. The molecule has 0 bridgehead atoms. The van der Waals surface area contributed by atoms with E-state index in [0.29, 0.717) is 28.2 Å². The number of nitrogens with zero attached hydrogens (tertiary/aromatic N) is 1. The van der Waals surface area contributed by atoms with Gasteiger partial charge in [-0.1, -0.05) is 43.5 Å². The van der Waals surface area contributed by atoms with Crippen LogP contribution in [0.4, 0.5) is 0 Å². The van der Waals surface area contributed by atoms with Crippen LogP contribution in [0.25, 0.3) is 11.1 Å². The highest BCUT2D eigenvalue weighted by atomic mass is 127. The van der Waals surface area contributed by atoms with Crippen molar-refractivity contribution < 1.29 is 19.4 Å². The van der Waals surface area contributed by atoms with Crippen LogP contribution in [0.15, 0.2) is 60.7 Å². The number of carbonyl (C=O) groups is 2. The van der Waals surface area contributed by atoms with Gasteiger partial charge < -0.3 is 14.7 Å². The van der Waals surface area contributed by atoms with Crippen LogP contribution >= 0.6 is 22.6 Å². The maximum Gasteiger partial charge on any atom is 0.336 e. The van der Waals surface area contributed by atoms with E-state index in [0.717, 1.165) is 40.1 Å². The van der Waals surface area contributed by atoms with Crippen LogP contribution in [-0.2, 0) is 13.2 Å². The van der Waals surface area contributed by atoms with Crippen LogP contribution in [-0.4, -0.2) is 28.4 Å². The summed E-state index contributed by atoms with van der Waals surface area (Å²) in [5, 5.41) is 9.43. The number of hydrogen-bond acceptors (Lipinski definition) is 3. The first-order chi connectivity index (χ1) is 17.0. The first-order valence-corrected chi connectivity index (χ1v) is 13.2. The molecule has 1 saturated carbocycles. The Morgan fingerprint density at radius 1 is 1.00 bits per heavy atom. The molecule has 6 heteroatoms. The van der Waals surface area contributed by atoms with Crippen molar-refractivity contribution >= 4 is 34.5 Å². The van der Waals surface area contributed by atoms with Crippen LogP contribution in [0.3, 0.4) is 0 Å². The number of fused-ring (bicyclic) bond motifs is 1. The Balaban J connectivity index is 1.25. The normalized spacial score (nSPS) is 15.8. The van der Waals surface area contributed by atoms with Crippen LogP contribution < -0.4 is 4.74 Å². The summed E-state index contributed by atoms with van der Waals surface area (Å²) in [4.78, 5) is 26.4. The minimum Gasteiger partial charge on any atom is -0.489 e. The fraction of sp³-hybridized carbons (Fsp3) is 0.310. The largest absolute Gasteiger partial charge is 0.489 e. The van der Waals surface area contributed by atoms with Crippen LogP contribution in [0.2, 0.25) is 0 Å². The topological polar surface area (TPSA) is 66.8 Å². The van der Waals surface area contributed by atoms with Crippen molar-refractivity contribution in [1.82, 2.24) is 4.90 Å². The van der Waals surface area contributed by atoms with Crippen molar-refractivity contribution in [2.75, 3.05) is 6.54 Å². The van der Waals surface area contributed by atoms with E-state index in [-0.39, 0.29) is 5.91 Å². The highest BCUT2D eigenvalue weighted by molar-refractivity contribution is 14.1. The quantitative estimate of drug-likeness (QED) is 0.313. The van der Waals surface area contributed by atoms with Gasteiger partial charge in [0.25, 0.3) is 5.91 Å². The minimum atomic E-state index is -0.928. The first kappa shape index (κ1) is 23.9. The maximum atomic E-state index is 12.9. The molecule has 3 aromatic rings. The van der Waals surface area contributed by atoms with Gasteiger partial charge in [0.05, 0.1) is 5.56 Å². The van der Waals surface area contributed by atoms with Crippen molar-refractivity contribution in [3.63, 3.8) is 0 Å². The molecule has 0 unspecified atom stereocenters. The lowest BCUT2D eigenvalue weighted by Gasteiger charge is -2.26. The molecular formula is C29H28INO4. The number of carboxylic acids is 1. The van der Waals surface area contributed by atoms with Gasteiger partial charge >= 0.3 is 5.97 Å². The third-order valence-electron chi connectivity index (χ3n) is 7.02. The lowest BCUT2D eigenvalue weighted by molar-refractivity contribution is 0.0694. The molecule has 2 aliphatic rings. The van der Waals surface area contributed by atoms with E-state index in [1.165, 1.54) is 32.1 Å². The molecular weight excluding hydrogens is 553 g/mol. The summed E-state index contributed by atoms with van der Waals surface area (Å²) >= 11 is 2.04. The summed E-state index contributed by atoms with van der Waals surface area (Å²) in [7, 11) is 0. The minimum absolute atomic E-state index is 0.142. The predicted molar refractivity (Wildman–Crippen MR) is 144 cm³/mol. The Labute approximate surface area is 219 Å². The van der Waals surface area contributed by atoms with Crippen LogP contribution in [0, 0.1) is 9.49 Å². The Hall–Kier alpha value is -2.87. The monoisotopic (exact) mass is 581 g/mol.